The maximum absolute atomic E-state index is 12.9. The lowest BCUT2D eigenvalue weighted by atomic mass is 9.87. The van der Waals surface area contributed by atoms with Gasteiger partial charge in [-0.3, -0.25) is 9.78 Å². The molecule has 1 unspecified atom stereocenters. The minimum atomic E-state index is -0.156. The summed E-state index contributed by atoms with van der Waals surface area (Å²) < 4.78 is 5.48. The van der Waals surface area contributed by atoms with Gasteiger partial charge < -0.3 is 10.1 Å². The predicted octanol–water partition coefficient (Wildman–Crippen LogP) is 3.53. The third-order valence-corrected chi connectivity index (χ3v) is 4.90. The number of nitrogens with zero attached hydrogens (tertiary/aromatic N) is 2. The molecule has 1 aliphatic heterocycles. The van der Waals surface area contributed by atoms with Crippen LogP contribution in [0.4, 0.5) is 0 Å². The Morgan fingerprint density at radius 2 is 1.92 bits per heavy atom. The maximum Gasteiger partial charge on any atom is 0.270 e. The number of pyridine rings is 2. The number of ether oxygens (including phenoxy) is 1. The molecule has 1 fully saturated rings. The van der Waals surface area contributed by atoms with Gasteiger partial charge in [-0.2, -0.15) is 0 Å². The van der Waals surface area contributed by atoms with E-state index in [0.717, 1.165) is 42.5 Å². The Labute approximate surface area is 152 Å². The summed E-state index contributed by atoms with van der Waals surface area (Å²) in [5, 5.41) is 4.21. The van der Waals surface area contributed by atoms with Crippen LogP contribution in [0.15, 0.2) is 60.9 Å². The molecule has 1 saturated heterocycles. The van der Waals surface area contributed by atoms with Crippen LogP contribution in [-0.4, -0.2) is 29.1 Å². The van der Waals surface area contributed by atoms with Crippen LogP contribution in [-0.2, 0) is 4.74 Å². The summed E-state index contributed by atoms with van der Waals surface area (Å²) in [5.74, 6) is 0.174. The van der Waals surface area contributed by atoms with E-state index in [4.69, 9.17) is 4.74 Å². The van der Waals surface area contributed by atoms with Crippen molar-refractivity contribution in [2.24, 2.45) is 5.92 Å². The smallest absolute Gasteiger partial charge is 0.270 e. The van der Waals surface area contributed by atoms with E-state index in [-0.39, 0.29) is 11.9 Å². The van der Waals surface area contributed by atoms with Crippen molar-refractivity contribution in [2.75, 3.05) is 13.2 Å². The fourth-order valence-electron chi connectivity index (χ4n) is 3.49. The molecule has 1 aromatic carbocycles. The average molecular weight is 347 g/mol. The highest BCUT2D eigenvalue weighted by atomic mass is 16.5. The second-order valence-corrected chi connectivity index (χ2v) is 6.58. The van der Waals surface area contributed by atoms with Gasteiger partial charge >= 0.3 is 0 Å². The predicted molar refractivity (Wildman–Crippen MR) is 99.7 cm³/mol. The SMILES string of the molecule is O=C(NC(c1cccnc1)C1CCOCC1)c1ccc2ccccc2n1. The monoisotopic (exact) mass is 347 g/mol. The Morgan fingerprint density at radius 3 is 2.73 bits per heavy atom. The largest absolute Gasteiger partial charge is 0.381 e. The van der Waals surface area contributed by atoms with E-state index in [0.29, 0.717) is 11.6 Å². The van der Waals surface area contributed by atoms with Crippen LogP contribution in [0.5, 0.6) is 0 Å². The number of hydrogen-bond donors (Lipinski definition) is 1. The standard InChI is InChI=1S/C21H21N3O2/c25-21(19-8-7-15-4-1-2-6-18(15)23-19)24-20(16-9-12-26-13-10-16)17-5-3-11-22-14-17/h1-8,11,14,16,20H,9-10,12-13H2,(H,24,25). The molecule has 3 heterocycles. The van der Waals surface area contributed by atoms with Crippen molar-refractivity contribution in [3.05, 3.63) is 72.2 Å². The van der Waals surface area contributed by atoms with E-state index >= 15 is 0 Å². The summed E-state index contributed by atoms with van der Waals surface area (Å²) in [4.78, 5) is 21.6. The number of aromatic nitrogens is 2. The van der Waals surface area contributed by atoms with Crippen molar-refractivity contribution in [1.82, 2.24) is 15.3 Å². The van der Waals surface area contributed by atoms with Gasteiger partial charge in [-0.05, 0) is 42.5 Å². The zero-order valence-electron chi connectivity index (χ0n) is 14.5. The number of hydrogen-bond acceptors (Lipinski definition) is 4. The minimum Gasteiger partial charge on any atom is -0.381 e. The molecule has 5 heteroatoms. The van der Waals surface area contributed by atoms with Gasteiger partial charge in [-0.25, -0.2) is 4.98 Å². The Bertz CT molecular complexity index is 892. The molecule has 2 aromatic heterocycles. The first-order valence-corrected chi connectivity index (χ1v) is 8.95. The van der Waals surface area contributed by atoms with Crippen molar-refractivity contribution in [3.8, 4) is 0 Å². The zero-order valence-corrected chi connectivity index (χ0v) is 14.5. The third kappa shape index (κ3) is 3.58. The normalized spacial score (nSPS) is 16.3. The van der Waals surface area contributed by atoms with Crippen molar-refractivity contribution >= 4 is 16.8 Å². The highest BCUT2D eigenvalue weighted by Crippen LogP contribution is 2.30. The second kappa shape index (κ2) is 7.62. The highest BCUT2D eigenvalue weighted by molar-refractivity contribution is 5.95. The number of carbonyl (C=O) groups is 1. The molecule has 3 aromatic rings. The second-order valence-electron chi connectivity index (χ2n) is 6.58. The fraction of sp³-hybridized carbons (Fsp3) is 0.286. The maximum atomic E-state index is 12.9. The summed E-state index contributed by atoms with van der Waals surface area (Å²) in [6.07, 6.45) is 5.42. The molecular formula is C21H21N3O2. The number of benzene rings is 1. The third-order valence-electron chi connectivity index (χ3n) is 4.90. The first-order valence-electron chi connectivity index (χ1n) is 8.95. The van der Waals surface area contributed by atoms with Crippen molar-refractivity contribution < 1.29 is 9.53 Å². The number of nitrogens with one attached hydrogen (secondary N) is 1. The summed E-state index contributed by atoms with van der Waals surface area (Å²) in [6.45, 7) is 1.46. The van der Waals surface area contributed by atoms with Gasteiger partial charge in [0.05, 0.1) is 11.6 Å². The first-order chi connectivity index (χ1) is 12.8. The Kier molecular flexibility index (Phi) is 4.88. The topological polar surface area (TPSA) is 64.1 Å². The van der Waals surface area contributed by atoms with Crippen LogP contribution in [0.3, 0.4) is 0 Å². The van der Waals surface area contributed by atoms with Gasteiger partial charge in [0.1, 0.15) is 5.69 Å². The van der Waals surface area contributed by atoms with E-state index in [1.807, 2.05) is 48.7 Å². The van der Waals surface area contributed by atoms with Gasteiger partial charge in [0.15, 0.2) is 0 Å². The average Bonchev–Trinajstić information content (AvgIpc) is 2.72. The van der Waals surface area contributed by atoms with Gasteiger partial charge in [0.2, 0.25) is 0 Å². The number of amides is 1. The minimum absolute atomic E-state index is 0.0895. The number of rotatable bonds is 4. The lowest BCUT2D eigenvalue weighted by Crippen LogP contribution is -2.36. The highest BCUT2D eigenvalue weighted by Gasteiger charge is 2.27. The molecule has 0 saturated carbocycles. The molecule has 132 valence electrons. The van der Waals surface area contributed by atoms with E-state index in [1.165, 1.54) is 0 Å². The molecule has 4 rings (SSSR count). The molecule has 1 atom stereocenters. The van der Waals surface area contributed by atoms with Crippen LogP contribution < -0.4 is 5.32 Å². The molecule has 0 spiro atoms. The number of para-hydroxylation sites is 1. The van der Waals surface area contributed by atoms with E-state index in [1.54, 1.807) is 12.3 Å². The van der Waals surface area contributed by atoms with Gasteiger partial charge in [0, 0.05) is 31.0 Å². The molecule has 0 radical (unpaired) electrons. The molecule has 5 nitrogen and oxygen atoms in total. The van der Waals surface area contributed by atoms with E-state index in [9.17, 15) is 4.79 Å². The lowest BCUT2D eigenvalue weighted by Gasteiger charge is -2.31. The van der Waals surface area contributed by atoms with Crippen molar-refractivity contribution in [1.29, 1.82) is 0 Å². The molecule has 0 aliphatic carbocycles. The Hall–Kier alpha value is -2.79. The molecule has 0 bridgehead atoms. The molecule has 26 heavy (non-hydrogen) atoms. The quantitative estimate of drug-likeness (QED) is 0.784. The molecule has 1 aliphatic rings. The van der Waals surface area contributed by atoms with Crippen LogP contribution in [0, 0.1) is 5.92 Å². The molecule has 1 N–H and O–H groups in total. The summed E-state index contributed by atoms with van der Waals surface area (Å²) >= 11 is 0. The Balaban J connectivity index is 1.60. The number of fused-ring (bicyclic) bond motifs is 1. The van der Waals surface area contributed by atoms with Crippen LogP contribution in [0.25, 0.3) is 10.9 Å². The van der Waals surface area contributed by atoms with Crippen LogP contribution in [0.1, 0.15) is 34.9 Å². The van der Waals surface area contributed by atoms with Crippen LogP contribution in [0.2, 0.25) is 0 Å². The van der Waals surface area contributed by atoms with Crippen molar-refractivity contribution in [2.45, 2.75) is 18.9 Å². The molecule has 1 amide bonds. The molecular weight excluding hydrogens is 326 g/mol. The summed E-state index contributed by atoms with van der Waals surface area (Å²) in [7, 11) is 0. The summed E-state index contributed by atoms with van der Waals surface area (Å²) in [6, 6.07) is 15.3. The Morgan fingerprint density at radius 1 is 1.08 bits per heavy atom. The van der Waals surface area contributed by atoms with Crippen LogP contribution >= 0.6 is 0 Å². The fourth-order valence-corrected chi connectivity index (χ4v) is 3.49. The van der Waals surface area contributed by atoms with Gasteiger partial charge in [-0.15, -0.1) is 0 Å². The number of carbonyl (C=O) groups excluding carboxylic acids is 1. The first kappa shape index (κ1) is 16.7. The summed E-state index contributed by atoms with van der Waals surface area (Å²) in [5.41, 5.74) is 2.28. The van der Waals surface area contributed by atoms with Crippen molar-refractivity contribution in [3.63, 3.8) is 0 Å². The van der Waals surface area contributed by atoms with Gasteiger partial charge in [-0.1, -0.05) is 30.3 Å². The zero-order chi connectivity index (χ0) is 17.8. The lowest BCUT2D eigenvalue weighted by molar-refractivity contribution is 0.0513. The van der Waals surface area contributed by atoms with E-state index < -0.39 is 0 Å². The van der Waals surface area contributed by atoms with Gasteiger partial charge in [0.25, 0.3) is 5.91 Å². The van der Waals surface area contributed by atoms with E-state index in [2.05, 4.69) is 15.3 Å².